The normalized spacial score (nSPS) is 11.9. The Morgan fingerprint density at radius 3 is 2.30 bits per heavy atom. The Kier molecular flexibility index (Phi) is 7.59. The van der Waals surface area contributed by atoms with Crippen molar-refractivity contribution >= 4 is 11.9 Å². The number of carbonyl (C=O) groups excluding carboxylic acids is 2. The van der Waals surface area contributed by atoms with Crippen LogP contribution in [0.4, 0.5) is 0 Å². The van der Waals surface area contributed by atoms with E-state index in [0.29, 0.717) is 11.5 Å². The molecule has 0 aromatic heterocycles. The van der Waals surface area contributed by atoms with Gasteiger partial charge in [0.1, 0.15) is 6.10 Å². The van der Waals surface area contributed by atoms with E-state index in [1.165, 1.54) is 7.11 Å². The molecule has 23 heavy (non-hydrogen) atoms. The molecule has 0 heterocycles. The van der Waals surface area contributed by atoms with E-state index in [-0.39, 0.29) is 30.8 Å². The minimum absolute atomic E-state index is 0.0101. The van der Waals surface area contributed by atoms with Gasteiger partial charge in [0.25, 0.3) is 0 Å². The van der Waals surface area contributed by atoms with Crippen molar-refractivity contribution in [3.05, 3.63) is 23.8 Å². The van der Waals surface area contributed by atoms with Crippen molar-refractivity contribution < 1.29 is 23.8 Å². The minimum Gasteiger partial charge on any atom is -0.493 e. The molecule has 0 saturated heterocycles. The van der Waals surface area contributed by atoms with Crippen LogP contribution < -0.4 is 9.47 Å². The standard InChI is InChI=1S/C18H26O5/c1-6-14(12(2)3)22-17(19)9-10-18(20)23-16-11-13(4)7-8-15(16)21-5/h7-8,11-12,14H,6,9-10H2,1-5H3. The largest absolute Gasteiger partial charge is 0.493 e. The second kappa shape index (κ2) is 9.18. The van der Waals surface area contributed by atoms with Crippen LogP contribution in [0.2, 0.25) is 0 Å². The Bertz CT molecular complexity index is 536. The van der Waals surface area contributed by atoms with Crippen molar-refractivity contribution in [1.29, 1.82) is 0 Å². The zero-order valence-electron chi connectivity index (χ0n) is 14.5. The second-order valence-electron chi connectivity index (χ2n) is 5.81. The monoisotopic (exact) mass is 322 g/mol. The van der Waals surface area contributed by atoms with Crippen LogP contribution in [-0.4, -0.2) is 25.2 Å². The lowest BCUT2D eigenvalue weighted by Crippen LogP contribution is -2.23. The Morgan fingerprint density at radius 1 is 1.09 bits per heavy atom. The van der Waals surface area contributed by atoms with Crippen LogP contribution in [0.3, 0.4) is 0 Å². The highest BCUT2D eigenvalue weighted by Gasteiger charge is 2.18. The van der Waals surface area contributed by atoms with Crippen LogP contribution in [0.15, 0.2) is 18.2 Å². The van der Waals surface area contributed by atoms with Gasteiger partial charge in [-0.05, 0) is 37.0 Å². The van der Waals surface area contributed by atoms with Crippen LogP contribution in [0.25, 0.3) is 0 Å². The van der Waals surface area contributed by atoms with Crippen molar-refractivity contribution in [2.75, 3.05) is 7.11 Å². The van der Waals surface area contributed by atoms with E-state index in [0.717, 1.165) is 12.0 Å². The summed E-state index contributed by atoms with van der Waals surface area (Å²) in [5.74, 6) is 0.242. The molecule has 0 amide bonds. The molecule has 0 aliphatic heterocycles. The third-order valence-corrected chi connectivity index (χ3v) is 3.50. The van der Waals surface area contributed by atoms with E-state index in [2.05, 4.69) is 0 Å². The smallest absolute Gasteiger partial charge is 0.311 e. The SMILES string of the molecule is CCC(OC(=O)CCC(=O)Oc1cc(C)ccc1OC)C(C)C. The Hall–Kier alpha value is -2.04. The van der Waals surface area contributed by atoms with E-state index in [9.17, 15) is 9.59 Å². The van der Waals surface area contributed by atoms with Crippen molar-refractivity contribution in [2.45, 2.75) is 53.1 Å². The molecule has 0 aliphatic carbocycles. The molecule has 5 heteroatoms. The summed E-state index contributed by atoms with van der Waals surface area (Å²) in [6, 6.07) is 5.33. The zero-order chi connectivity index (χ0) is 17.4. The summed E-state index contributed by atoms with van der Waals surface area (Å²) in [5, 5.41) is 0. The summed E-state index contributed by atoms with van der Waals surface area (Å²) in [5.41, 5.74) is 0.954. The Morgan fingerprint density at radius 2 is 1.74 bits per heavy atom. The molecule has 1 unspecified atom stereocenters. The summed E-state index contributed by atoms with van der Waals surface area (Å²) < 4.78 is 15.8. The van der Waals surface area contributed by atoms with Crippen molar-refractivity contribution in [1.82, 2.24) is 0 Å². The van der Waals surface area contributed by atoms with Crippen LogP contribution >= 0.6 is 0 Å². The molecule has 1 atom stereocenters. The molecule has 0 radical (unpaired) electrons. The average Bonchev–Trinajstić information content (AvgIpc) is 2.50. The second-order valence-corrected chi connectivity index (χ2v) is 5.81. The number of methoxy groups -OCH3 is 1. The van der Waals surface area contributed by atoms with Gasteiger partial charge < -0.3 is 14.2 Å². The number of esters is 2. The van der Waals surface area contributed by atoms with Gasteiger partial charge in [-0.25, -0.2) is 0 Å². The summed E-state index contributed by atoms with van der Waals surface area (Å²) in [6.45, 7) is 7.86. The fourth-order valence-electron chi connectivity index (χ4n) is 2.16. The van der Waals surface area contributed by atoms with E-state index < -0.39 is 5.97 Å². The van der Waals surface area contributed by atoms with Gasteiger partial charge in [0.2, 0.25) is 0 Å². The van der Waals surface area contributed by atoms with Gasteiger partial charge in [0, 0.05) is 0 Å². The van der Waals surface area contributed by atoms with Gasteiger partial charge in [-0.15, -0.1) is 0 Å². The van der Waals surface area contributed by atoms with Crippen LogP contribution in [-0.2, 0) is 14.3 Å². The fraction of sp³-hybridized carbons (Fsp3) is 0.556. The molecule has 0 spiro atoms. The topological polar surface area (TPSA) is 61.8 Å². The molecule has 1 aromatic carbocycles. The predicted octanol–water partition coefficient (Wildman–Crippen LogP) is 3.67. The number of ether oxygens (including phenoxy) is 3. The van der Waals surface area contributed by atoms with E-state index in [4.69, 9.17) is 14.2 Å². The molecular weight excluding hydrogens is 296 g/mol. The van der Waals surface area contributed by atoms with Crippen LogP contribution in [0.1, 0.15) is 45.6 Å². The summed E-state index contributed by atoms with van der Waals surface area (Å²) in [7, 11) is 1.51. The fourth-order valence-corrected chi connectivity index (χ4v) is 2.16. The Balaban J connectivity index is 2.51. The Labute approximate surface area is 137 Å². The summed E-state index contributed by atoms with van der Waals surface area (Å²) in [4.78, 5) is 23.7. The highest BCUT2D eigenvalue weighted by molar-refractivity contribution is 5.79. The zero-order valence-corrected chi connectivity index (χ0v) is 14.5. The van der Waals surface area contributed by atoms with Gasteiger partial charge in [-0.3, -0.25) is 9.59 Å². The van der Waals surface area contributed by atoms with Crippen LogP contribution in [0.5, 0.6) is 11.5 Å². The molecule has 5 nitrogen and oxygen atoms in total. The molecule has 0 bridgehead atoms. The average molecular weight is 322 g/mol. The van der Waals surface area contributed by atoms with Gasteiger partial charge >= 0.3 is 11.9 Å². The quantitative estimate of drug-likeness (QED) is 0.540. The van der Waals surface area contributed by atoms with E-state index in [1.807, 2.05) is 33.8 Å². The van der Waals surface area contributed by atoms with E-state index >= 15 is 0 Å². The molecule has 0 fully saturated rings. The first-order valence-electron chi connectivity index (χ1n) is 7.92. The number of hydrogen-bond acceptors (Lipinski definition) is 5. The van der Waals surface area contributed by atoms with Gasteiger partial charge in [-0.1, -0.05) is 26.8 Å². The predicted molar refractivity (Wildman–Crippen MR) is 87.6 cm³/mol. The lowest BCUT2D eigenvalue weighted by atomic mass is 10.1. The first-order chi connectivity index (χ1) is 10.9. The minimum atomic E-state index is -0.483. The number of aryl methyl sites for hydroxylation is 1. The number of carbonyl (C=O) groups is 2. The molecule has 0 aliphatic rings. The molecule has 1 aromatic rings. The lowest BCUT2D eigenvalue weighted by Gasteiger charge is -2.19. The van der Waals surface area contributed by atoms with Crippen LogP contribution in [0, 0.1) is 12.8 Å². The van der Waals surface area contributed by atoms with Gasteiger partial charge in [0.15, 0.2) is 11.5 Å². The number of hydrogen-bond donors (Lipinski definition) is 0. The molecule has 128 valence electrons. The molecule has 0 saturated carbocycles. The van der Waals surface area contributed by atoms with Crippen molar-refractivity contribution in [3.63, 3.8) is 0 Å². The molecular formula is C18H26O5. The summed E-state index contributed by atoms with van der Waals surface area (Å²) >= 11 is 0. The third-order valence-electron chi connectivity index (χ3n) is 3.50. The lowest BCUT2D eigenvalue weighted by molar-refractivity contribution is -0.153. The van der Waals surface area contributed by atoms with Crippen molar-refractivity contribution in [3.8, 4) is 11.5 Å². The maximum Gasteiger partial charge on any atom is 0.311 e. The first kappa shape index (κ1) is 19.0. The van der Waals surface area contributed by atoms with E-state index in [1.54, 1.807) is 12.1 Å². The highest BCUT2D eigenvalue weighted by Crippen LogP contribution is 2.28. The number of benzene rings is 1. The highest BCUT2D eigenvalue weighted by atomic mass is 16.6. The number of rotatable bonds is 8. The third kappa shape index (κ3) is 6.30. The van der Waals surface area contributed by atoms with Gasteiger partial charge in [0.05, 0.1) is 20.0 Å². The molecule has 1 rings (SSSR count). The summed E-state index contributed by atoms with van der Waals surface area (Å²) in [6.07, 6.45) is 0.630. The molecule has 0 N–H and O–H groups in total. The van der Waals surface area contributed by atoms with Crippen molar-refractivity contribution in [2.24, 2.45) is 5.92 Å². The first-order valence-corrected chi connectivity index (χ1v) is 7.92. The maximum absolute atomic E-state index is 11.9. The van der Waals surface area contributed by atoms with Gasteiger partial charge in [-0.2, -0.15) is 0 Å². The maximum atomic E-state index is 11.9.